The van der Waals surface area contributed by atoms with Crippen LogP contribution in [-0.2, 0) is 11.8 Å². The van der Waals surface area contributed by atoms with Gasteiger partial charge in [0.15, 0.2) is 5.78 Å². The number of carbonyl (C=O) groups excluding carboxylic acids is 1. The van der Waals surface area contributed by atoms with Gasteiger partial charge < -0.3 is 4.74 Å². The summed E-state index contributed by atoms with van der Waals surface area (Å²) < 4.78 is 5.51. The van der Waals surface area contributed by atoms with Crippen molar-refractivity contribution in [1.29, 1.82) is 0 Å². The van der Waals surface area contributed by atoms with Crippen molar-refractivity contribution < 1.29 is 9.53 Å². The molecule has 0 fully saturated rings. The Morgan fingerprint density at radius 2 is 1.86 bits per heavy atom. The van der Waals surface area contributed by atoms with Crippen molar-refractivity contribution in [3.8, 4) is 5.75 Å². The monoisotopic (exact) mass is 280 g/mol. The number of hydrogen-bond acceptors (Lipinski definition) is 2. The standard InChI is InChI=1S/C19H20O2/c1-19(2,3)16-7-5-4-6-15(16)18(20)14-8-9-17-13(12-14)10-11-21-17/h4-9,12H,10-11H2,1-3H3. The van der Waals surface area contributed by atoms with E-state index in [1.54, 1.807) is 0 Å². The summed E-state index contributed by atoms with van der Waals surface area (Å²) in [6.45, 7) is 7.12. The SMILES string of the molecule is CC(C)(C)c1ccccc1C(=O)c1ccc2c(c1)CCO2. The Hall–Kier alpha value is -2.09. The van der Waals surface area contributed by atoms with Crippen LogP contribution in [0.25, 0.3) is 0 Å². The van der Waals surface area contributed by atoms with E-state index in [1.165, 1.54) is 0 Å². The first kappa shape index (κ1) is 13.9. The van der Waals surface area contributed by atoms with Crippen LogP contribution in [0.1, 0.15) is 47.8 Å². The van der Waals surface area contributed by atoms with Crippen molar-refractivity contribution >= 4 is 5.78 Å². The summed E-state index contributed by atoms with van der Waals surface area (Å²) >= 11 is 0. The normalized spacial score (nSPS) is 13.7. The van der Waals surface area contributed by atoms with Crippen molar-refractivity contribution in [2.75, 3.05) is 6.61 Å². The van der Waals surface area contributed by atoms with E-state index in [0.717, 1.165) is 34.4 Å². The molecule has 108 valence electrons. The highest BCUT2D eigenvalue weighted by Gasteiger charge is 2.23. The van der Waals surface area contributed by atoms with Gasteiger partial charge in [-0.2, -0.15) is 0 Å². The van der Waals surface area contributed by atoms with Crippen molar-refractivity contribution in [3.63, 3.8) is 0 Å². The summed E-state index contributed by atoms with van der Waals surface area (Å²) in [6, 6.07) is 13.6. The molecule has 1 aliphatic rings. The number of benzene rings is 2. The minimum atomic E-state index is -0.0495. The molecule has 0 N–H and O–H groups in total. The second-order valence-electron chi connectivity index (χ2n) is 6.55. The van der Waals surface area contributed by atoms with Crippen LogP contribution in [0, 0.1) is 0 Å². The summed E-state index contributed by atoms with van der Waals surface area (Å²) in [4.78, 5) is 12.9. The molecular weight excluding hydrogens is 260 g/mol. The summed E-state index contributed by atoms with van der Waals surface area (Å²) in [5.41, 5.74) is 3.71. The van der Waals surface area contributed by atoms with E-state index >= 15 is 0 Å². The number of ketones is 1. The topological polar surface area (TPSA) is 26.3 Å². The third-order valence-corrected chi connectivity index (χ3v) is 3.93. The number of rotatable bonds is 2. The predicted molar refractivity (Wildman–Crippen MR) is 84.2 cm³/mol. The first-order chi connectivity index (χ1) is 9.97. The van der Waals surface area contributed by atoms with Crippen molar-refractivity contribution in [2.45, 2.75) is 32.6 Å². The summed E-state index contributed by atoms with van der Waals surface area (Å²) in [7, 11) is 0. The van der Waals surface area contributed by atoms with E-state index in [9.17, 15) is 4.79 Å². The predicted octanol–water partition coefficient (Wildman–Crippen LogP) is 4.15. The Kier molecular flexibility index (Phi) is 3.32. The molecule has 21 heavy (non-hydrogen) atoms. The lowest BCUT2D eigenvalue weighted by Gasteiger charge is -2.22. The van der Waals surface area contributed by atoms with Crippen LogP contribution in [0.3, 0.4) is 0 Å². The molecule has 0 radical (unpaired) electrons. The Morgan fingerprint density at radius 3 is 2.62 bits per heavy atom. The molecule has 2 nitrogen and oxygen atoms in total. The van der Waals surface area contributed by atoms with Crippen LogP contribution in [0.15, 0.2) is 42.5 Å². The number of hydrogen-bond donors (Lipinski definition) is 0. The lowest BCUT2D eigenvalue weighted by molar-refractivity contribution is 0.103. The largest absolute Gasteiger partial charge is 0.493 e. The fourth-order valence-corrected chi connectivity index (χ4v) is 2.82. The molecule has 2 aromatic rings. The molecule has 0 atom stereocenters. The van der Waals surface area contributed by atoms with E-state index in [1.807, 2.05) is 42.5 Å². The number of carbonyl (C=O) groups is 1. The average Bonchev–Trinajstić information content (AvgIpc) is 2.93. The van der Waals surface area contributed by atoms with Gasteiger partial charge in [-0.25, -0.2) is 0 Å². The molecule has 0 saturated carbocycles. The van der Waals surface area contributed by atoms with Gasteiger partial charge >= 0.3 is 0 Å². The molecule has 0 spiro atoms. The highest BCUT2D eigenvalue weighted by Crippen LogP contribution is 2.30. The first-order valence-corrected chi connectivity index (χ1v) is 7.37. The molecular formula is C19H20O2. The molecule has 0 aromatic heterocycles. The van der Waals surface area contributed by atoms with E-state index in [2.05, 4.69) is 20.8 Å². The fraction of sp³-hybridized carbons (Fsp3) is 0.316. The number of fused-ring (bicyclic) bond motifs is 1. The molecule has 1 aliphatic heterocycles. The first-order valence-electron chi connectivity index (χ1n) is 7.37. The Labute approximate surface area is 125 Å². The minimum Gasteiger partial charge on any atom is -0.493 e. The second kappa shape index (κ2) is 5.03. The van der Waals surface area contributed by atoms with Crippen molar-refractivity contribution in [3.05, 3.63) is 64.7 Å². The maximum Gasteiger partial charge on any atom is 0.193 e. The van der Waals surface area contributed by atoms with Gasteiger partial charge in [0, 0.05) is 17.5 Å². The van der Waals surface area contributed by atoms with Crippen LogP contribution in [0.4, 0.5) is 0 Å². The van der Waals surface area contributed by atoms with Gasteiger partial charge in [-0.15, -0.1) is 0 Å². The van der Waals surface area contributed by atoms with Gasteiger partial charge in [0.25, 0.3) is 0 Å². The molecule has 0 bridgehead atoms. The molecule has 0 amide bonds. The third kappa shape index (κ3) is 2.58. The third-order valence-electron chi connectivity index (χ3n) is 3.93. The molecule has 3 rings (SSSR count). The number of ether oxygens (including phenoxy) is 1. The quantitative estimate of drug-likeness (QED) is 0.772. The Balaban J connectivity index is 2.03. The van der Waals surface area contributed by atoms with Gasteiger partial charge in [0.1, 0.15) is 5.75 Å². The van der Waals surface area contributed by atoms with Crippen LogP contribution < -0.4 is 4.74 Å². The molecule has 0 saturated heterocycles. The van der Waals surface area contributed by atoms with Crippen LogP contribution in [0.5, 0.6) is 5.75 Å². The van der Waals surface area contributed by atoms with Crippen molar-refractivity contribution in [2.24, 2.45) is 0 Å². The lowest BCUT2D eigenvalue weighted by atomic mass is 9.81. The molecule has 2 heteroatoms. The fourth-order valence-electron chi connectivity index (χ4n) is 2.82. The van der Waals surface area contributed by atoms with E-state index < -0.39 is 0 Å². The van der Waals surface area contributed by atoms with Gasteiger partial charge in [-0.1, -0.05) is 45.0 Å². The highest BCUT2D eigenvalue weighted by molar-refractivity contribution is 6.10. The Morgan fingerprint density at radius 1 is 1.10 bits per heavy atom. The lowest BCUT2D eigenvalue weighted by Crippen LogP contribution is -2.17. The van der Waals surface area contributed by atoms with Gasteiger partial charge in [-0.3, -0.25) is 4.79 Å². The smallest absolute Gasteiger partial charge is 0.193 e. The summed E-state index contributed by atoms with van der Waals surface area (Å²) in [6.07, 6.45) is 0.886. The second-order valence-corrected chi connectivity index (χ2v) is 6.55. The molecule has 0 unspecified atom stereocenters. The molecule has 0 aliphatic carbocycles. The summed E-state index contributed by atoms with van der Waals surface area (Å²) in [5.74, 6) is 1.01. The summed E-state index contributed by atoms with van der Waals surface area (Å²) in [5, 5.41) is 0. The molecule has 1 heterocycles. The maximum atomic E-state index is 12.9. The van der Waals surface area contributed by atoms with Gasteiger partial charge in [0.05, 0.1) is 6.61 Å². The van der Waals surface area contributed by atoms with Crippen LogP contribution in [-0.4, -0.2) is 12.4 Å². The highest BCUT2D eigenvalue weighted by atomic mass is 16.5. The van der Waals surface area contributed by atoms with E-state index in [0.29, 0.717) is 6.61 Å². The zero-order valence-electron chi connectivity index (χ0n) is 12.8. The van der Waals surface area contributed by atoms with Crippen LogP contribution in [0.2, 0.25) is 0 Å². The van der Waals surface area contributed by atoms with E-state index in [4.69, 9.17) is 4.74 Å². The van der Waals surface area contributed by atoms with Crippen molar-refractivity contribution in [1.82, 2.24) is 0 Å². The van der Waals surface area contributed by atoms with Crippen LogP contribution >= 0.6 is 0 Å². The molecule has 2 aromatic carbocycles. The van der Waals surface area contributed by atoms with Gasteiger partial charge in [0.2, 0.25) is 0 Å². The zero-order valence-corrected chi connectivity index (χ0v) is 12.8. The average molecular weight is 280 g/mol. The Bertz CT molecular complexity index is 693. The van der Waals surface area contributed by atoms with Gasteiger partial charge in [-0.05, 0) is 34.7 Å². The zero-order chi connectivity index (χ0) is 15.0. The van der Waals surface area contributed by atoms with E-state index in [-0.39, 0.29) is 11.2 Å². The minimum absolute atomic E-state index is 0.0495. The maximum absolute atomic E-state index is 12.9.